The summed E-state index contributed by atoms with van der Waals surface area (Å²) in [6.07, 6.45) is 14.7. The van der Waals surface area contributed by atoms with Crippen molar-refractivity contribution in [1.82, 2.24) is 0 Å². The molecule has 2 atom stereocenters. The monoisotopic (exact) mass is 370 g/mol. The van der Waals surface area contributed by atoms with Crippen LogP contribution >= 0.6 is 0 Å². The first kappa shape index (κ1) is 23.0. The summed E-state index contributed by atoms with van der Waals surface area (Å²) in [6, 6.07) is 0. The minimum atomic E-state index is -1.02. The Kier molecular flexibility index (Phi) is 12.4. The molecular formula is C21H38O5. The molecule has 1 rings (SSSR count). The van der Waals surface area contributed by atoms with Gasteiger partial charge in [0.25, 0.3) is 0 Å². The van der Waals surface area contributed by atoms with Crippen molar-refractivity contribution in [3.63, 3.8) is 0 Å². The van der Waals surface area contributed by atoms with Crippen LogP contribution in [0.5, 0.6) is 0 Å². The molecule has 0 unspecified atom stereocenters. The standard InChI is InChI=1S/C21H38O5/c1-2-3-4-5-6-7-8-9-10-11-12-13-14-15-17(23)19-20(24)18(16-22)26-21(19)25/h17-18,22-24H,2-16H2,1H3/t17-,18-/m1/s1. The summed E-state index contributed by atoms with van der Waals surface area (Å²) in [7, 11) is 0. The second-order valence-electron chi connectivity index (χ2n) is 7.42. The fourth-order valence-corrected chi connectivity index (χ4v) is 3.46. The quantitative estimate of drug-likeness (QED) is 0.274. The van der Waals surface area contributed by atoms with E-state index >= 15 is 0 Å². The maximum absolute atomic E-state index is 11.6. The van der Waals surface area contributed by atoms with Crippen molar-refractivity contribution in [2.45, 2.75) is 109 Å². The van der Waals surface area contributed by atoms with Crippen LogP contribution in [0.3, 0.4) is 0 Å². The van der Waals surface area contributed by atoms with Crippen molar-refractivity contribution in [3.05, 3.63) is 11.3 Å². The Labute approximate surface area is 158 Å². The lowest BCUT2D eigenvalue weighted by atomic mass is 10.0. The van der Waals surface area contributed by atoms with Gasteiger partial charge < -0.3 is 20.1 Å². The number of ether oxygens (including phenoxy) is 1. The van der Waals surface area contributed by atoms with Crippen LogP contribution in [0.4, 0.5) is 0 Å². The molecule has 0 saturated heterocycles. The molecule has 0 fully saturated rings. The molecule has 0 spiro atoms. The maximum atomic E-state index is 11.6. The summed E-state index contributed by atoms with van der Waals surface area (Å²) >= 11 is 0. The van der Waals surface area contributed by atoms with Gasteiger partial charge >= 0.3 is 5.97 Å². The first-order valence-electron chi connectivity index (χ1n) is 10.5. The van der Waals surface area contributed by atoms with Crippen molar-refractivity contribution >= 4 is 5.97 Å². The molecule has 0 aromatic carbocycles. The molecule has 5 nitrogen and oxygen atoms in total. The number of rotatable bonds is 16. The SMILES string of the molecule is CCCCCCCCCCCCCCC[C@@H](O)C1=C(O)[C@@H](CO)OC1=O. The Balaban J connectivity index is 1.97. The maximum Gasteiger partial charge on any atom is 0.341 e. The summed E-state index contributed by atoms with van der Waals surface area (Å²) in [6.45, 7) is 1.78. The van der Waals surface area contributed by atoms with Gasteiger partial charge in [-0.1, -0.05) is 90.4 Å². The third kappa shape index (κ3) is 8.54. The first-order chi connectivity index (χ1) is 12.6. The molecule has 5 heteroatoms. The number of aliphatic hydroxyl groups is 3. The number of cyclic esters (lactones) is 1. The van der Waals surface area contributed by atoms with Gasteiger partial charge in [-0.05, 0) is 6.42 Å². The van der Waals surface area contributed by atoms with Gasteiger partial charge in [-0.15, -0.1) is 0 Å². The third-order valence-corrected chi connectivity index (χ3v) is 5.13. The van der Waals surface area contributed by atoms with Crippen LogP contribution in [0.2, 0.25) is 0 Å². The van der Waals surface area contributed by atoms with Crippen molar-refractivity contribution in [2.75, 3.05) is 6.61 Å². The van der Waals surface area contributed by atoms with E-state index in [2.05, 4.69) is 6.92 Å². The Bertz CT molecular complexity index is 419. The zero-order chi connectivity index (χ0) is 19.2. The molecule has 0 radical (unpaired) electrons. The van der Waals surface area contributed by atoms with E-state index in [-0.39, 0.29) is 11.3 Å². The summed E-state index contributed by atoms with van der Waals surface area (Å²) in [5, 5.41) is 28.9. The van der Waals surface area contributed by atoms with E-state index < -0.39 is 24.8 Å². The van der Waals surface area contributed by atoms with Crippen LogP contribution in [0.1, 0.15) is 96.8 Å². The molecule has 152 valence electrons. The number of unbranched alkanes of at least 4 members (excludes halogenated alkanes) is 12. The van der Waals surface area contributed by atoms with E-state index in [1.807, 2.05) is 0 Å². The topological polar surface area (TPSA) is 87.0 Å². The number of hydrogen-bond donors (Lipinski definition) is 3. The highest BCUT2D eigenvalue weighted by atomic mass is 16.6. The van der Waals surface area contributed by atoms with Gasteiger partial charge in [-0.3, -0.25) is 0 Å². The Morgan fingerprint density at radius 3 is 1.77 bits per heavy atom. The van der Waals surface area contributed by atoms with E-state index in [1.165, 1.54) is 64.2 Å². The van der Waals surface area contributed by atoms with Gasteiger partial charge in [0.2, 0.25) is 0 Å². The van der Waals surface area contributed by atoms with Crippen molar-refractivity contribution in [2.24, 2.45) is 0 Å². The van der Waals surface area contributed by atoms with Crippen molar-refractivity contribution < 1.29 is 24.9 Å². The molecule has 0 aromatic rings. The van der Waals surface area contributed by atoms with Gasteiger partial charge in [-0.25, -0.2) is 4.79 Å². The number of aliphatic hydroxyl groups excluding tert-OH is 3. The van der Waals surface area contributed by atoms with Crippen LogP contribution in [0, 0.1) is 0 Å². The highest BCUT2D eigenvalue weighted by Crippen LogP contribution is 2.25. The van der Waals surface area contributed by atoms with Gasteiger partial charge in [0.05, 0.1) is 12.7 Å². The number of carbonyl (C=O) groups excluding carboxylic acids is 1. The summed E-state index contributed by atoms with van der Waals surface area (Å²) in [5.41, 5.74) is -0.0806. The lowest BCUT2D eigenvalue weighted by Gasteiger charge is -2.09. The fraction of sp³-hybridized carbons (Fsp3) is 0.857. The van der Waals surface area contributed by atoms with Crippen molar-refractivity contribution in [3.8, 4) is 0 Å². The normalized spacial score (nSPS) is 18.4. The second kappa shape index (κ2) is 14.0. The van der Waals surface area contributed by atoms with E-state index in [0.717, 1.165) is 19.3 Å². The third-order valence-electron chi connectivity index (χ3n) is 5.13. The zero-order valence-corrected chi connectivity index (χ0v) is 16.4. The minimum Gasteiger partial charge on any atom is -0.508 e. The minimum absolute atomic E-state index is 0.0806. The molecule has 1 aliphatic rings. The van der Waals surface area contributed by atoms with E-state index in [4.69, 9.17) is 9.84 Å². The smallest absolute Gasteiger partial charge is 0.341 e. The molecule has 0 aromatic heterocycles. The predicted molar refractivity (Wildman–Crippen MR) is 103 cm³/mol. The Hall–Kier alpha value is -1.07. The number of hydrogen-bond acceptors (Lipinski definition) is 5. The van der Waals surface area contributed by atoms with Crippen molar-refractivity contribution in [1.29, 1.82) is 0 Å². The number of carbonyl (C=O) groups is 1. The van der Waals surface area contributed by atoms with Gasteiger partial charge in [-0.2, -0.15) is 0 Å². The second-order valence-corrected chi connectivity index (χ2v) is 7.42. The first-order valence-corrected chi connectivity index (χ1v) is 10.5. The summed E-state index contributed by atoms with van der Waals surface area (Å²) in [5.74, 6) is -1.04. The van der Waals surface area contributed by atoms with E-state index in [1.54, 1.807) is 0 Å². The average molecular weight is 371 g/mol. The lowest BCUT2D eigenvalue weighted by molar-refractivity contribution is -0.142. The van der Waals surface area contributed by atoms with Gasteiger partial charge in [0, 0.05) is 0 Å². The predicted octanol–water partition coefficient (Wildman–Crippen LogP) is 4.56. The van der Waals surface area contributed by atoms with Crippen LogP contribution in [-0.4, -0.2) is 40.1 Å². The Morgan fingerprint density at radius 1 is 0.885 bits per heavy atom. The van der Waals surface area contributed by atoms with E-state index in [0.29, 0.717) is 6.42 Å². The molecule has 1 heterocycles. The molecule has 0 aliphatic carbocycles. The van der Waals surface area contributed by atoms with Crippen LogP contribution < -0.4 is 0 Å². The largest absolute Gasteiger partial charge is 0.508 e. The molecular weight excluding hydrogens is 332 g/mol. The fourth-order valence-electron chi connectivity index (χ4n) is 3.46. The van der Waals surface area contributed by atoms with Gasteiger partial charge in [0.15, 0.2) is 6.10 Å². The molecule has 1 aliphatic heterocycles. The van der Waals surface area contributed by atoms with E-state index in [9.17, 15) is 15.0 Å². The summed E-state index contributed by atoms with van der Waals surface area (Å²) < 4.78 is 4.80. The van der Waals surface area contributed by atoms with Gasteiger partial charge in [0.1, 0.15) is 11.3 Å². The number of esters is 1. The lowest BCUT2D eigenvalue weighted by Crippen LogP contribution is -2.16. The molecule has 3 N–H and O–H groups in total. The van der Waals surface area contributed by atoms with Crippen LogP contribution in [0.25, 0.3) is 0 Å². The zero-order valence-electron chi connectivity index (χ0n) is 16.4. The highest BCUT2D eigenvalue weighted by Gasteiger charge is 2.37. The molecule has 0 saturated carbocycles. The average Bonchev–Trinajstić information content (AvgIpc) is 2.92. The molecule has 0 amide bonds. The summed E-state index contributed by atoms with van der Waals surface area (Å²) in [4.78, 5) is 11.6. The molecule has 26 heavy (non-hydrogen) atoms. The van der Waals surface area contributed by atoms with Crippen LogP contribution in [-0.2, 0) is 9.53 Å². The Morgan fingerprint density at radius 2 is 1.35 bits per heavy atom. The van der Waals surface area contributed by atoms with Crippen LogP contribution in [0.15, 0.2) is 11.3 Å². The highest BCUT2D eigenvalue weighted by molar-refractivity contribution is 5.92. The molecule has 0 bridgehead atoms.